The van der Waals surface area contributed by atoms with Gasteiger partial charge < -0.3 is 19.3 Å². The number of fused-ring (bicyclic) bond motifs is 1. The van der Waals surface area contributed by atoms with Crippen LogP contribution < -0.4 is 4.90 Å². The van der Waals surface area contributed by atoms with Crippen LogP contribution in [0.25, 0.3) is 0 Å². The minimum absolute atomic E-state index is 0.212. The Morgan fingerprint density at radius 1 is 1.15 bits per heavy atom. The Labute approximate surface area is 159 Å². The number of aromatic nitrogens is 2. The van der Waals surface area contributed by atoms with Crippen LogP contribution in [0, 0.1) is 0 Å². The maximum absolute atomic E-state index is 12.3. The first-order valence-electron chi connectivity index (χ1n) is 9.40. The lowest BCUT2D eigenvalue weighted by Gasteiger charge is -2.37. The van der Waals surface area contributed by atoms with Crippen molar-refractivity contribution in [1.29, 1.82) is 0 Å². The van der Waals surface area contributed by atoms with Gasteiger partial charge in [0.05, 0.1) is 5.69 Å². The van der Waals surface area contributed by atoms with E-state index in [4.69, 9.17) is 9.47 Å². The maximum atomic E-state index is 12.3. The number of carbonyl (C=O) groups excluding carboxylic acids is 2. The van der Waals surface area contributed by atoms with Gasteiger partial charge in [-0.25, -0.2) is 14.8 Å². The van der Waals surface area contributed by atoms with Gasteiger partial charge in [0, 0.05) is 38.7 Å². The van der Waals surface area contributed by atoms with E-state index in [-0.39, 0.29) is 24.1 Å². The van der Waals surface area contributed by atoms with Crippen molar-refractivity contribution in [2.75, 3.05) is 31.1 Å². The summed E-state index contributed by atoms with van der Waals surface area (Å²) in [5, 5.41) is 0. The molecule has 2 heterocycles. The van der Waals surface area contributed by atoms with E-state index >= 15 is 0 Å². The standard InChI is InChI=1S/C19H28N4O4/c1-12-10-14(26-13(2)24)16-15(12)17(21-11-20-16)22-6-8-23(9-7-22)18(25)27-19(3,4)5/h11-12,14H,6-10H2,1-5H3. The van der Waals surface area contributed by atoms with E-state index in [1.165, 1.54) is 13.3 Å². The first kappa shape index (κ1) is 19.4. The Kier molecular flexibility index (Phi) is 5.26. The van der Waals surface area contributed by atoms with Gasteiger partial charge in [-0.1, -0.05) is 6.92 Å². The molecule has 8 heteroatoms. The molecule has 2 aliphatic rings. The Morgan fingerprint density at radius 2 is 1.81 bits per heavy atom. The zero-order valence-electron chi connectivity index (χ0n) is 16.7. The van der Waals surface area contributed by atoms with Crippen molar-refractivity contribution in [2.24, 2.45) is 0 Å². The summed E-state index contributed by atoms with van der Waals surface area (Å²) >= 11 is 0. The number of hydrogen-bond donors (Lipinski definition) is 0. The van der Waals surface area contributed by atoms with Gasteiger partial charge in [0.2, 0.25) is 0 Å². The lowest BCUT2D eigenvalue weighted by atomic mass is 10.1. The molecule has 1 aliphatic carbocycles. The fourth-order valence-electron chi connectivity index (χ4n) is 3.66. The molecule has 0 bridgehead atoms. The fourth-order valence-corrected chi connectivity index (χ4v) is 3.66. The van der Waals surface area contributed by atoms with Crippen molar-refractivity contribution in [1.82, 2.24) is 14.9 Å². The van der Waals surface area contributed by atoms with Gasteiger partial charge in [-0.05, 0) is 33.1 Å². The molecule has 1 aliphatic heterocycles. The zero-order valence-corrected chi connectivity index (χ0v) is 16.7. The average Bonchev–Trinajstić information content (AvgIpc) is 2.89. The normalized spacial score (nSPS) is 22.4. The summed E-state index contributed by atoms with van der Waals surface area (Å²) in [7, 11) is 0. The number of piperazine rings is 1. The second-order valence-corrected chi connectivity index (χ2v) is 8.19. The number of nitrogens with zero attached hydrogens (tertiary/aromatic N) is 4. The van der Waals surface area contributed by atoms with Crippen LogP contribution in [0.2, 0.25) is 0 Å². The van der Waals surface area contributed by atoms with Crippen LogP contribution in [0.4, 0.5) is 10.6 Å². The molecule has 1 aromatic rings. The van der Waals surface area contributed by atoms with Gasteiger partial charge in [-0.15, -0.1) is 0 Å². The summed E-state index contributed by atoms with van der Waals surface area (Å²) in [6.07, 6.45) is 1.66. The molecule has 8 nitrogen and oxygen atoms in total. The fraction of sp³-hybridized carbons (Fsp3) is 0.684. The topological polar surface area (TPSA) is 84.9 Å². The quantitative estimate of drug-likeness (QED) is 0.734. The van der Waals surface area contributed by atoms with Crippen LogP contribution >= 0.6 is 0 Å². The highest BCUT2D eigenvalue weighted by Gasteiger charge is 2.37. The third-order valence-electron chi connectivity index (χ3n) is 4.80. The molecule has 0 radical (unpaired) electrons. The monoisotopic (exact) mass is 376 g/mol. The summed E-state index contributed by atoms with van der Waals surface area (Å²) in [4.78, 5) is 36.4. The Bertz CT molecular complexity index is 723. The van der Waals surface area contributed by atoms with Gasteiger partial charge in [-0.3, -0.25) is 4.79 Å². The molecule has 0 aromatic carbocycles. The molecule has 3 rings (SSSR count). The van der Waals surface area contributed by atoms with Crippen molar-refractivity contribution >= 4 is 17.9 Å². The summed E-state index contributed by atoms with van der Waals surface area (Å²) in [6, 6.07) is 0. The highest BCUT2D eigenvalue weighted by molar-refractivity contribution is 5.69. The largest absolute Gasteiger partial charge is 0.456 e. The van der Waals surface area contributed by atoms with Crippen molar-refractivity contribution in [3.05, 3.63) is 17.6 Å². The minimum atomic E-state index is -0.497. The minimum Gasteiger partial charge on any atom is -0.456 e. The lowest BCUT2D eigenvalue weighted by molar-refractivity contribution is -0.146. The first-order chi connectivity index (χ1) is 12.7. The average molecular weight is 376 g/mol. The SMILES string of the molecule is CC(=O)OC1CC(C)c2c1ncnc2N1CCN(C(=O)OC(C)(C)C)CC1. The lowest BCUT2D eigenvalue weighted by Crippen LogP contribution is -2.50. The molecular formula is C19H28N4O4. The number of ether oxygens (including phenoxy) is 2. The van der Waals surface area contributed by atoms with Crippen molar-refractivity contribution in [2.45, 2.75) is 58.7 Å². The number of carbonyl (C=O) groups is 2. The summed E-state index contributed by atoms with van der Waals surface area (Å²) in [5.41, 5.74) is 1.36. The molecule has 1 fully saturated rings. The summed E-state index contributed by atoms with van der Waals surface area (Å²) in [6.45, 7) is 11.6. The van der Waals surface area contributed by atoms with Crippen molar-refractivity contribution in [3.63, 3.8) is 0 Å². The van der Waals surface area contributed by atoms with Gasteiger partial charge in [0.25, 0.3) is 0 Å². The van der Waals surface area contributed by atoms with Gasteiger partial charge in [-0.2, -0.15) is 0 Å². The van der Waals surface area contributed by atoms with E-state index in [1.54, 1.807) is 4.90 Å². The van der Waals surface area contributed by atoms with Gasteiger partial charge in [0.1, 0.15) is 23.9 Å². The zero-order chi connectivity index (χ0) is 19.8. The summed E-state index contributed by atoms with van der Waals surface area (Å²) in [5.74, 6) is 0.793. The molecule has 0 saturated carbocycles. The van der Waals surface area contributed by atoms with E-state index in [0.29, 0.717) is 26.2 Å². The van der Waals surface area contributed by atoms with Crippen LogP contribution in [0.3, 0.4) is 0 Å². The number of amides is 1. The predicted octanol–water partition coefficient (Wildman–Crippen LogP) is 2.65. The highest BCUT2D eigenvalue weighted by Crippen LogP contribution is 2.44. The van der Waals surface area contributed by atoms with Crippen LogP contribution in [-0.2, 0) is 14.3 Å². The molecule has 0 spiro atoms. The molecule has 1 saturated heterocycles. The van der Waals surface area contributed by atoms with Gasteiger partial charge in [0.15, 0.2) is 0 Å². The second-order valence-electron chi connectivity index (χ2n) is 8.19. The second kappa shape index (κ2) is 7.32. The van der Waals surface area contributed by atoms with Crippen molar-refractivity contribution in [3.8, 4) is 0 Å². The molecule has 148 valence electrons. The third-order valence-corrected chi connectivity index (χ3v) is 4.80. The molecule has 27 heavy (non-hydrogen) atoms. The van der Waals surface area contributed by atoms with Crippen LogP contribution in [0.15, 0.2) is 6.33 Å². The van der Waals surface area contributed by atoms with Gasteiger partial charge >= 0.3 is 12.1 Å². The van der Waals surface area contributed by atoms with Crippen LogP contribution in [0.5, 0.6) is 0 Å². The molecule has 1 amide bonds. The number of hydrogen-bond acceptors (Lipinski definition) is 7. The predicted molar refractivity (Wildman–Crippen MR) is 99.6 cm³/mol. The van der Waals surface area contributed by atoms with E-state index in [9.17, 15) is 9.59 Å². The Morgan fingerprint density at radius 3 is 2.41 bits per heavy atom. The third kappa shape index (κ3) is 4.31. The molecule has 0 N–H and O–H groups in total. The molecule has 2 atom stereocenters. The Balaban J connectivity index is 1.72. The van der Waals surface area contributed by atoms with Crippen LogP contribution in [0.1, 0.15) is 64.3 Å². The molecule has 1 aromatic heterocycles. The first-order valence-corrected chi connectivity index (χ1v) is 9.40. The van der Waals surface area contributed by atoms with E-state index < -0.39 is 5.60 Å². The Hall–Kier alpha value is -2.38. The van der Waals surface area contributed by atoms with E-state index in [1.807, 2.05) is 20.8 Å². The summed E-state index contributed by atoms with van der Waals surface area (Å²) < 4.78 is 10.9. The number of esters is 1. The number of rotatable bonds is 2. The number of anilines is 1. The van der Waals surface area contributed by atoms with Crippen LogP contribution in [-0.4, -0.2) is 58.7 Å². The van der Waals surface area contributed by atoms with E-state index in [2.05, 4.69) is 21.8 Å². The smallest absolute Gasteiger partial charge is 0.410 e. The highest BCUT2D eigenvalue weighted by atomic mass is 16.6. The maximum Gasteiger partial charge on any atom is 0.410 e. The molecule has 2 unspecified atom stereocenters. The van der Waals surface area contributed by atoms with Crippen molar-refractivity contribution < 1.29 is 19.1 Å². The molecular weight excluding hydrogens is 348 g/mol. The van der Waals surface area contributed by atoms with E-state index in [0.717, 1.165) is 23.5 Å².